The van der Waals surface area contributed by atoms with E-state index >= 15 is 0 Å². The summed E-state index contributed by atoms with van der Waals surface area (Å²) in [7, 11) is 0. The Morgan fingerprint density at radius 1 is 1.08 bits per heavy atom. The number of ether oxygens (including phenoxy) is 1. The fourth-order valence-electron chi connectivity index (χ4n) is 4.30. The van der Waals surface area contributed by atoms with Crippen molar-refractivity contribution in [2.24, 2.45) is 0 Å². The van der Waals surface area contributed by atoms with Crippen molar-refractivity contribution < 1.29 is 4.74 Å². The molecule has 0 radical (unpaired) electrons. The zero-order valence-corrected chi connectivity index (χ0v) is 15.7. The van der Waals surface area contributed by atoms with Crippen LogP contribution in [0.3, 0.4) is 0 Å². The molecule has 2 aliphatic rings. The minimum atomic E-state index is 0.614. The quantitative estimate of drug-likeness (QED) is 0.787. The normalized spacial score (nSPS) is 20.4. The van der Waals surface area contributed by atoms with Gasteiger partial charge in [0.1, 0.15) is 5.82 Å². The van der Waals surface area contributed by atoms with Gasteiger partial charge in [-0.25, -0.2) is 4.98 Å². The lowest BCUT2D eigenvalue weighted by Crippen LogP contribution is -2.37. The van der Waals surface area contributed by atoms with Gasteiger partial charge in [0.2, 0.25) is 0 Å². The molecule has 1 aliphatic heterocycles. The minimum Gasteiger partial charge on any atom is -0.379 e. The summed E-state index contributed by atoms with van der Waals surface area (Å²) in [6.45, 7) is 6.03. The molecule has 1 aromatic heterocycles. The number of aryl methyl sites for hydroxylation is 1. The first-order chi connectivity index (χ1) is 12.3. The monoisotopic (exact) mass is 361 g/mol. The maximum absolute atomic E-state index is 6.28. The molecule has 1 aliphatic carbocycles. The van der Waals surface area contributed by atoms with Crippen LogP contribution in [0.5, 0.6) is 0 Å². The van der Waals surface area contributed by atoms with Crippen LogP contribution in [-0.2, 0) is 11.3 Å². The van der Waals surface area contributed by atoms with E-state index < -0.39 is 0 Å². The Morgan fingerprint density at radius 2 is 1.88 bits per heavy atom. The van der Waals surface area contributed by atoms with Crippen LogP contribution in [-0.4, -0.2) is 47.3 Å². The van der Waals surface area contributed by atoms with Gasteiger partial charge in [0.05, 0.1) is 24.2 Å². The third-order valence-corrected chi connectivity index (χ3v) is 5.90. The molecule has 0 amide bonds. The molecule has 2 aromatic rings. The Morgan fingerprint density at radius 3 is 2.68 bits per heavy atom. The predicted octanol–water partition coefficient (Wildman–Crippen LogP) is 4.46. The average molecular weight is 362 g/mol. The fourth-order valence-corrected chi connectivity index (χ4v) is 4.47. The smallest absolute Gasteiger partial charge is 0.112 e. The van der Waals surface area contributed by atoms with Crippen LogP contribution in [0.2, 0.25) is 5.02 Å². The summed E-state index contributed by atoms with van der Waals surface area (Å²) in [5.41, 5.74) is 2.30. The van der Waals surface area contributed by atoms with E-state index in [0.717, 1.165) is 56.4 Å². The molecule has 2 heterocycles. The second-order valence-electron chi connectivity index (χ2n) is 7.40. The minimum absolute atomic E-state index is 0.614. The largest absolute Gasteiger partial charge is 0.379 e. The summed E-state index contributed by atoms with van der Waals surface area (Å²) in [4.78, 5) is 7.52. The molecule has 1 aromatic carbocycles. The topological polar surface area (TPSA) is 30.3 Å². The van der Waals surface area contributed by atoms with Gasteiger partial charge >= 0.3 is 0 Å². The molecule has 1 saturated heterocycles. The zero-order valence-electron chi connectivity index (χ0n) is 14.9. The number of aromatic nitrogens is 2. The van der Waals surface area contributed by atoms with E-state index in [4.69, 9.17) is 21.3 Å². The first-order valence-corrected chi connectivity index (χ1v) is 10.1. The average Bonchev–Trinajstić information content (AvgIpc) is 3.01. The Balaban J connectivity index is 1.54. The molecule has 0 bridgehead atoms. The van der Waals surface area contributed by atoms with Gasteiger partial charge in [-0.05, 0) is 37.5 Å². The number of hydrogen-bond donors (Lipinski definition) is 0. The Kier molecular flexibility index (Phi) is 5.59. The van der Waals surface area contributed by atoms with Crippen molar-refractivity contribution in [1.82, 2.24) is 14.5 Å². The van der Waals surface area contributed by atoms with E-state index in [9.17, 15) is 0 Å². The molecule has 4 rings (SSSR count). The summed E-state index contributed by atoms with van der Waals surface area (Å²) in [5.74, 6) is 1.90. The highest BCUT2D eigenvalue weighted by atomic mass is 35.5. The van der Waals surface area contributed by atoms with Crippen LogP contribution >= 0.6 is 11.6 Å². The number of benzene rings is 1. The Hall–Kier alpha value is -1.10. The van der Waals surface area contributed by atoms with Crippen LogP contribution in [0.4, 0.5) is 0 Å². The first kappa shape index (κ1) is 17.3. The molecule has 5 heteroatoms. The second-order valence-corrected chi connectivity index (χ2v) is 7.83. The van der Waals surface area contributed by atoms with E-state index in [0.29, 0.717) is 5.92 Å². The summed E-state index contributed by atoms with van der Waals surface area (Å²) >= 11 is 6.28. The van der Waals surface area contributed by atoms with Crippen molar-refractivity contribution in [1.29, 1.82) is 0 Å². The molecule has 136 valence electrons. The van der Waals surface area contributed by atoms with Crippen LogP contribution in [0.25, 0.3) is 11.0 Å². The standard InChI is InChI=1S/C20H28ClN3O/c21-17-7-8-18-19(15-17)24(10-4-9-23-11-13-25-14-12-23)20(22-18)16-5-2-1-3-6-16/h7-8,15-16H,1-6,9-14H2. The fraction of sp³-hybridized carbons (Fsp3) is 0.650. The third kappa shape index (κ3) is 4.02. The van der Waals surface area contributed by atoms with Crippen LogP contribution in [0.15, 0.2) is 18.2 Å². The SMILES string of the molecule is Clc1ccc2nc(C3CCCCC3)n(CCCN3CCOCC3)c2c1. The molecule has 0 atom stereocenters. The van der Waals surface area contributed by atoms with Gasteiger partial charge in [0.15, 0.2) is 0 Å². The number of halogens is 1. The zero-order chi connectivity index (χ0) is 17.1. The number of morpholine rings is 1. The second kappa shape index (κ2) is 8.07. The lowest BCUT2D eigenvalue weighted by molar-refractivity contribution is 0.0369. The van der Waals surface area contributed by atoms with Crippen molar-refractivity contribution in [2.75, 3.05) is 32.8 Å². The highest BCUT2D eigenvalue weighted by molar-refractivity contribution is 6.31. The van der Waals surface area contributed by atoms with Gasteiger partial charge in [-0.1, -0.05) is 30.9 Å². The Labute approximate surface area is 155 Å². The van der Waals surface area contributed by atoms with Crippen LogP contribution in [0, 0.1) is 0 Å². The molecule has 0 unspecified atom stereocenters. The number of rotatable bonds is 5. The van der Waals surface area contributed by atoms with E-state index in [1.54, 1.807) is 0 Å². The summed E-state index contributed by atoms with van der Waals surface area (Å²) in [5, 5.41) is 0.803. The Bertz CT molecular complexity index is 702. The molecule has 2 fully saturated rings. The van der Waals surface area contributed by atoms with Crippen molar-refractivity contribution in [3.05, 3.63) is 29.0 Å². The highest BCUT2D eigenvalue weighted by Gasteiger charge is 2.22. The molecular formula is C20H28ClN3O. The number of nitrogens with zero attached hydrogens (tertiary/aromatic N) is 3. The van der Waals surface area contributed by atoms with E-state index in [2.05, 4.69) is 21.6 Å². The maximum atomic E-state index is 6.28. The number of imidazole rings is 1. The summed E-state index contributed by atoms with van der Waals surface area (Å²) in [6.07, 6.45) is 7.75. The molecule has 0 spiro atoms. The summed E-state index contributed by atoms with van der Waals surface area (Å²) < 4.78 is 7.91. The number of fused-ring (bicyclic) bond motifs is 1. The van der Waals surface area contributed by atoms with E-state index in [1.165, 1.54) is 43.4 Å². The van der Waals surface area contributed by atoms with E-state index in [1.807, 2.05) is 6.07 Å². The van der Waals surface area contributed by atoms with Gasteiger partial charge in [-0.15, -0.1) is 0 Å². The lowest BCUT2D eigenvalue weighted by Gasteiger charge is -2.27. The third-order valence-electron chi connectivity index (χ3n) is 5.67. The van der Waals surface area contributed by atoms with Crippen molar-refractivity contribution >= 4 is 22.6 Å². The molecule has 0 N–H and O–H groups in total. The predicted molar refractivity (Wildman–Crippen MR) is 102 cm³/mol. The highest BCUT2D eigenvalue weighted by Crippen LogP contribution is 2.34. The number of hydrogen-bond acceptors (Lipinski definition) is 3. The molecule has 4 nitrogen and oxygen atoms in total. The van der Waals surface area contributed by atoms with Gasteiger partial charge in [-0.3, -0.25) is 4.90 Å². The van der Waals surface area contributed by atoms with Crippen LogP contribution in [0.1, 0.15) is 50.3 Å². The first-order valence-electron chi connectivity index (χ1n) is 9.77. The van der Waals surface area contributed by atoms with Crippen molar-refractivity contribution in [2.45, 2.75) is 51.0 Å². The van der Waals surface area contributed by atoms with Crippen molar-refractivity contribution in [3.8, 4) is 0 Å². The van der Waals surface area contributed by atoms with Gasteiger partial charge in [-0.2, -0.15) is 0 Å². The van der Waals surface area contributed by atoms with Crippen molar-refractivity contribution in [3.63, 3.8) is 0 Å². The lowest BCUT2D eigenvalue weighted by atomic mass is 9.88. The maximum Gasteiger partial charge on any atom is 0.112 e. The van der Waals surface area contributed by atoms with Gasteiger partial charge in [0, 0.05) is 37.1 Å². The van der Waals surface area contributed by atoms with E-state index in [-0.39, 0.29) is 0 Å². The molecule has 25 heavy (non-hydrogen) atoms. The molecule has 1 saturated carbocycles. The summed E-state index contributed by atoms with van der Waals surface area (Å²) in [6, 6.07) is 6.12. The van der Waals surface area contributed by atoms with Gasteiger partial charge < -0.3 is 9.30 Å². The van der Waals surface area contributed by atoms with Gasteiger partial charge in [0.25, 0.3) is 0 Å². The van der Waals surface area contributed by atoms with Crippen LogP contribution < -0.4 is 0 Å². The molecular weight excluding hydrogens is 334 g/mol.